The van der Waals surface area contributed by atoms with Gasteiger partial charge >= 0.3 is 7.82 Å². The van der Waals surface area contributed by atoms with E-state index in [4.69, 9.17) is 18.7 Å². The molecule has 0 aliphatic carbocycles. The van der Waals surface area contributed by atoms with Crippen molar-refractivity contribution in [2.75, 3.05) is 27.4 Å². The van der Waals surface area contributed by atoms with E-state index in [-0.39, 0.29) is 18.8 Å². The summed E-state index contributed by atoms with van der Waals surface area (Å²) < 4.78 is 37.8. The molecule has 18 heavy (non-hydrogen) atoms. The third-order valence-electron chi connectivity index (χ3n) is 3.40. The minimum atomic E-state index is -4.08. The number of rotatable bonds is 5. The van der Waals surface area contributed by atoms with Gasteiger partial charge in [0.2, 0.25) is 0 Å². The van der Waals surface area contributed by atoms with Crippen molar-refractivity contribution in [2.45, 2.75) is 37.3 Å². The molecule has 2 fully saturated rings. The van der Waals surface area contributed by atoms with Crippen LogP contribution in [-0.2, 0) is 27.8 Å². The second kappa shape index (κ2) is 5.17. The van der Waals surface area contributed by atoms with Gasteiger partial charge in [-0.05, 0) is 6.92 Å². The summed E-state index contributed by atoms with van der Waals surface area (Å²) in [5.41, 5.74) is -0.742. The molecule has 1 N–H and O–H groups in total. The predicted octanol–water partition coefficient (Wildman–Crippen LogP) is 0.711. The number of hydrogen-bond donors (Lipinski definition) is 1. The van der Waals surface area contributed by atoms with Crippen LogP contribution >= 0.6 is 7.82 Å². The lowest BCUT2D eigenvalue weighted by Gasteiger charge is -2.38. The van der Waals surface area contributed by atoms with Crippen molar-refractivity contribution in [3.05, 3.63) is 0 Å². The van der Waals surface area contributed by atoms with Crippen LogP contribution < -0.4 is 0 Å². The minimum Gasteiger partial charge on any atom is -0.382 e. The van der Waals surface area contributed by atoms with Crippen molar-refractivity contribution in [1.82, 2.24) is 0 Å². The molecule has 5 atom stereocenters. The first-order valence-corrected chi connectivity index (χ1v) is 7.29. The third-order valence-corrected chi connectivity index (χ3v) is 4.36. The number of phosphoric ester groups is 1. The van der Waals surface area contributed by atoms with Gasteiger partial charge in [0.05, 0.1) is 19.3 Å². The van der Waals surface area contributed by atoms with Gasteiger partial charge in [-0.3, -0.25) is 9.05 Å². The first-order valence-electron chi connectivity index (χ1n) is 5.79. The van der Waals surface area contributed by atoms with E-state index < -0.39 is 19.5 Å². The van der Waals surface area contributed by atoms with E-state index in [9.17, 15) is 9.46 Å². The molecule has 2 aliphatic heterocycles. The maximum Gasteiger partial charge on any atom is 0.472 e. The second-order valence-electron chi connectivity index (χ2n) is 4.58. The highest BCUT2D eigenvalue weighted by atomic mass is 31.2. The zero-order valence-electron chi connectivity index (χ0n) is 10.7. The smallest absolute Gasteiger partial charge is 0.382 e. The molecule has 2 heterocycles. The highest BCUT2D eigenvalue weighted by Gasteiger charge is 2.59. The molecule has 0 aromatic heterocycles. The molecule has 2 unspecified atom stereocenters. The minimum absolute atomic E-state index is 0.218. The summed E-state index contributed by atoms with van der Waals surface area (Å²) in [7, 11) is -1.41. The molecule has 0 spiro atoms. The molecule has 0 radical (unpaired) electrons. The lowest BCUT2D eigenvalue weighted by atomic mass is 9.90. The number of ether oxygens (including phenoxy) is 3. The molecule has 2 saturated heterocycles. The Morgan fingerprint density at radius 1 is 1.50 bits per heavy atom. The highest BCUT2D eigenvalue weighted by molar-refractivity contribution is 7.47. The van der Waals surface area contributed by atoms with Crippen LogP contribution in [0.15, 0.2) is 0 Å². The van der Waals surface area contributed by atoms with Crippen molar-refractivity contribution in [3.8, 4) is 0 Å². The number of methoxy groups -OCH3 is 1. The molecular formula is C10H19O7P. The molecule has 7 nitrogen and oxygen atoms in total. The predicted molar refractivity (Wildman–Crippen MR) is 61.2 cm³/mol. The fourth-order valence-corrected chi connectivity index (χ4v) is 3.30. The van der Waals surface area contributed by atoms with Gasteiger partial charge in [0.25, 0.3) is 0 Å². The van der Waals surface area contributed by atoms with Crippen molar-refractivity contribution >= 4 is 7.82 Å². The average Bonchev–Trinajstić information content (AvgIpc) is 2.47. The van der Waals surface area contributed by atoms with Gasteiger partial charge in [-0.1, -0.05) is 0 Å². The van der Waals surface area contributed by atoms with Crippen LogP contribution in [0.1, 0.15) is 13.3 Å². The van der Waals surface area contributed by atoms with Crippen LogP contribution in [0.3, 0.4) is 0 Å². The summed E-state index contributed by atoms with van der Waals surface area (Å²) in [6, 6.07) is 0. The molecule has 0 saturated carbocycles. The largest absolute Gasteiger partial charge is 0.472 e. The molecule has 0 aromatic carbocycles. The number of fused-ring (bicyclic) bond motifs is 2. The summed E-state index contributed by atoms with van der Waals surface area (Å²) in [5, 5.41) is 0. The van der Waals surface area contributed by atoms with E-state index in [1.807, 2.05) is 6.92 Å². The Morgan fingerprint density at radius 3 is 2.83 bits per heavy atom. The monoisotopic (exact) mass is 282 g/mol. The molecule has 2 bridgehead atoms. The lowest BCUT2D eigenvalue weighted by molar-refractivity contribution is -0.141. The van der Waals surface area contributed by atoms with Crippen LogP contribution in [0.2, 0.25) is 0 Å². The van der Waals surface area contributed by atoms with Gasteiger partial charge in [-0.15, -0.1) is 0 Å². The normalized spacial score (nSPS) is 42.8. The van der Waals surface area contributed by atoms with E-state index in [1.165, 1.54) is 0 Å². The maximum atomic E-state index is 11.6. The molecule has 2 aliphatic rings. The fraction of sp³-hybridized carbons (Fsp3) is 1.00. The van der Waals surface area contributed by atoms with Crippen molar-refractivity contribution in [2.24, 2.45) is 0 Å². The second-order valence-corrected chi connectivity index (χ2v) is 6.10. The van der Waals surface area contributed by atoms with Gasteiger partial charge in [0.15, 0.2) is 0 Å². The van der Waals surface area contributed by atoms with E-state index in [2.05, 4.69) is 4.52 Å². The average molecular weight is 282 g/mol. The molecular weight excluding hydrogens is 263 g/mol. The summed E-state index contributed by atoms with van der Waals surface area (Å²) in [4.78, 5) is 9.47. The fourth-order valence-electron chi connectivity index (χ4n) is 2.62. The Kier molecular flexibility index (Phi) is 4.14. The van der Waals surface area contributed by atoms with Crippen molar-refractivity contribution < 1.29 is 32.7 Å². The van der Waals surface area contributed by atoms with Crippen LogP contribution in [-0.4, -0.2) is 56.2 Å². The van der Waals surface area contributed by atoms with Crippen LogP contribution in [0.4, 0.5) is 0 Å². The topological polar surface area (TPSA) is 83.5 Å². The standard InChI is InChI=1S/C10H19O7P/c1-7-8-9(17-18(11,12)14-3)10(16-7,6-13-2)4-5-15-8/h7-9H,4-6H2,1-3H3,(H,11,12)/t7?,8-,9+,10-/m1/s1. The van der Waals surface area contributed by atoms with Crippen LogP contribution in [0.5, 0.6) is 0 Å². The van der Waals surface area contributed by atoms with Crippen LogP contribution in [0.25, 0.3) is 0 Å². The van der Waals surface area contributed by atoms with Gasteiger partial charge in [-0.25, -0.2) is 4.57 Å². The quantitative estimate of drug-likeness (QED) is 0.743. The Balaban J connectivity index is 2.22. The van der Waals surface area contributed by atoms with Gasteiger partial charge in [0, 0.05) is 20.6 Å². The summed E-state index contributed by atoms with van der Waals surface area (Å²) >= 11 is 0. The third kappa shape index (κ3) is 2.49. The zero-order chi connectivity index (χ0) is 13.4. The number of hydrogen-bond acceptors (Lipinski definition) is 6. The highest BCUT2D eigenvalue weighted by Crippen LogP contribution is 2.51. The first kappa shape index (κ1) is 14.4. The Hall–Kier alpha value is -0.0100. The molecule has 0 amide bonds. The number of phosphoric acid groups is 1. The Labute approximate surface area is 106 Å². The van der Waals surface area contributed by atoms with E-state index in [0.717, 1.165) is 7.11 Å². The summed E-state index contributed by atoms with van der Waals surface area (Å²) in [6.45, 7) is 2.64. The molecule has 0 aromatic rings. The van der Waals surface area contributed by atoms with Crippen LogP contribution in [0, 0.1) is 0 Å². The van der Waals surface area contributed by atoms with Crippen molar-refractivity contribution in [1.29, 1.82) is 0 Å². The van der Waals surface area contributed by atoms with Crippen molar-refractivity contribution in [3.63, 3.8) is 0 Å². The lowest BCUT2D eigenvalue weighted by Crippen LogP contribution is -2.52. The first-order chi connectivity index (χ1) is 8.44. The van der Waals surface area contributed by atoms with Gasteiger partial charge < -0.3 is 19.1 Å². The SMILES string of the molecule is COC[C@@]12CCO[C@H](C(C)O1)[C@@H]2OP(=O)(O)OC. The zero-order valence-corrected chi connectivity index (χ0v) is 11.6. The van der Waals surface area contributed by atoms with E-state index in [1.54, 1.807) is 7.11 Å². The molecule has 106 valence electrons. The Morgan fingerprint density at radius 2 is 2.22 bits per heavy atom. The molecule has 8 heteroatoms. The van der Waals surface area contributed by atoms with Gasteiger partial charge in [0.1, 0.15) is 17.8 Å². The summed E-state index contributed by atoms with van der Waals surface area (Å²) in [5.74, 6) is 0. The van der Waals surface area contributed by atoms with Gasteiger partial charge in [-0.2, -0.15) is 0 Å². The maximum absolute atomic E-state index is 11.6. The Bertz CT molecular complexity index is 345. The van der Waals surface area contributed by atoms with E-state index in [0.29, 0.717) is 13.0 Å². The molecule has 2 rings (SSSR count). The summed E-state index contributed by atoms with van der Waals surface area (Å²) in [6.07, 6.45) is -0.721. The van der Waals surface area contributed by atoms with E-state index >= 15 is 0 Å².